The van der Waals surface area contributed by atoms with Crippen LogP contribution in [0, 0.1) is 10.1 Å². The van der Waals surface area contributed by atoms with Gasteiger partial charge in [0.15, 0.2) is 10.9 Å². The highest BCUT2D eigenvalue weighted by molar-refractivity contribution is 7.99. The Balaban J connectivity index is 1.85. The third kappa shape index (κ3) is 4.32. The lowest BCUT2D eigenvalue weighted by Gasteiger charge is -2.11. The number of carbonyl (C=O) groups is 1. The second-order valence-corrected chi connectivity index (χ2v) is 6.75. The Bertz CT molecular complexity index is 1020. The van der Waals surface area contributed by atoms with Crippen LogP contribution in [0.2, 0.25) is 0 Å². The van der Waals surface area contributed by atoms with E-state index < -0.39 is 10.8 Å². The zero-order chi connectivity index (χ0) is 20.1. The smallest absolute Gasteiger partial charge is 0.311 e. The zero-order valence-electron chi connectivity index (χ0n) is 15.3. The largest absolute Gasteiger partial charge is 0.487 e. The molecular weight excluding hydrogens is 380 g/mol. The fraction of sp³-hybridized carbons (Fsp3) is 0.158. The van der Waals surface area contributed by atoms with Gasteiger partial charge in [0.2, 0.25) is 0 Å². The van der Waals surface area contributed by atoms with E-state index >= 15 is 0 Å². The number of imidazole rings is 1. The van der Waals surface area contributed by atoms with Crippen LogP contribution in [-0.2, 0) is 7.05 Å². The van der Waals surface area contributed by atoms with Crippen molar-refractivity contribution >= 4 is 29.0 Å². The SMILES string of the molecule is CCOc1ccc(C(=O)Nc2ccccc2Sc2nccn2C)cc1[N+](=O)[O-]. The minimum Gasteiger partial charge on any atom is -0.487 e. The van der Waals surface area contributed by atoms with Crippen molar-refractivity contribution in [3.63, 3.8) is 0 Å². The molecule has 144 valence electrons. The number of nitro groups is 1. The lowest BCUT2D eigenvalue weighted by atomic mass is 10.1. The summed E-state index contributed by atoms with van der Waals surface area (Å²) in [5, 5.41) is 14.9. The summed E-state index contributed by atoms with van der Waals surface area (Å²) in [5.74, 6) is -0.311. The first-order valence-electron chi connectivity index (χ1n) is 8.46. The van der Waals surface area contributed by atoms with Gasteiger partial charge in [-0.2, -0.15) is 0 Å². The summed E-state index contributed by atoms with van der Waals surface area (Å²) in [6, 6.07) is 11.5. The summed E-state index contributed by atoms with van der Waals surface area (Å²) >= 11 is 1.41. The summed E-state index contributed by atoms with van der Waals surface area (Å²) in [4.78, 5) is 28.5. The van der Waals surface area contributed by atoms with Crippen molar-refractivity contribution in [2.45, 2.75) is 17.0 Å². The number of nitro benzene ring substituents is 1. The van der Waals surface area contributed by atoms with E-state index in [0.29, 0.717) is 12.3 Å². The first kappa shape index (κ1) is 19.4. The number of ether oxygens (including phenoxy) is 1. The van der Waals surface area contributed by atoms with Gasteiger partial charge in [0, 0.05) is 36.0 Å². The minimum absolute atomic E-state index is 0.134. The number of hydrogen-bond donors (Lipinski definition) is 1. The maximum Gasteiger partial charge on any atom is 0.311 e. The predicted molar refractivity (Wildman–Crippen MR) is 106 cm³/mol. The Morgan fingerprint density at radius 3 is 2.79 bits per heavy atom. The Labute approximate surface area is 165 Å². The van der Waals surface area contributed by atoms with Gasteiger partial charge < -0.3 is 14.6 Å². The Kier molecular flexibility index (Phi) is 5.95. The molecule has 0 aliphatic rings. The molecule has 0 saturated carbocycles. The van der Waals surface area contributed by atoms with Crippen molar-refractivity contribution in [1.29, 1.82) is 0 Å². The van der Waals surface area contributed by atoms with E-state index in [4.69, 9.17) is 4.74 Å². The summed E-state index contributed by atoms with van der Waals surface area (Å²) in [5.41, 5.74) is 0.522. The van der Waals surface area contributed by atoms with Gasteiger partial charge in [0.05, 0.1) is 17.2 Å². The fourth-order valence-electron chi connectivity index (χ4n) is 2.48. The lowest BCUT2D eigenvalue weighted by molar-refractivity contribution is -0.385. The second kappa shape index (κ2) is 8.57. The van der Waals surface area contributed by atoms with E-state index in [1.54, 1.807) is 25.3 Å². The van der Waals surface area contributed by atoms with Crippen LogP contribution < -0.4 is 10.1 Å². The predicted octanol–water partition coefficient (Wildman–Crippen LogP) is 4.13. The molecule has 0 spiro atoms. The molecule has 0 aliphatic heterocycles. The third-order valence-corrected chi connectivity index (χ3v) is 4.98. The van der Waals surface area contributed by atoms with Gasteiger partial charge in [0.25, 0.3) is 5.91 Å². The number of amides is 1. The molecule has 0 bridgehead atoms. The van der Waals surface area contributed by atoms with E-state index in [9.17, 15) is 14.9 Å². The molecule has 3 aromatic rings. The molecule has 0 aliphatic carbocycles. The third-order valence-electron chi connectivity index (χ3n) is 3.83. The van der Waals surface area contributed by atoms with Crippen LogP contribution in [0.15, 0.2) is 64.9 Å². The number of nitrogens with one attached hydrogen (secondary N) is 1. The quantitative estimate of drug-likeness (QED) is 0.474. The highest BCUT2D eigenvalue weighted by Gasteiger charge is 2.19. The van der Waals surface area contributed by atoms with Crippen LogP contribution in [-0.4, -0.2) is 27.0 Å². The molecule has 9 heteroatoms. The van der Waals surface area contributed by atoms with E-state index in [1.807, 2.05) is 29.9 Å². The number of aromatic nitrogens is 2. The number of rotatable bonds is 7. The fourth-order valence-corrected chi connectivity index (χ4v) is 3.37. The van der Waals surface area contributed by atoms with Crippen LogP contribution in [0.25, 0.3) is 0 Å². The van der Waals surface area contributed by atoms with Crippen molar-refractivity contribution in [1.82, 2.24) is 9.55 Å². The van der Waals surface area contributed by atoms with Crippen LogP contribution >= 0.6 is 11.8 Å². The molecular formula is C19H18N4O4S. The van der Waals surface area contributed by atoms with Gasteiger partial charge in [-0.05, 0) is 43.0 Å². The number of aryl methyl sites for hydroxylation is 1. The van der Waals surface area contributed by atoms with Crippen molar-refractivity contribution in [2.24, 2.45) is 7.05 Å². The average Bonchev–Trinajstić information content (AvgIpc) is 3.08. The highest BCUT2D eigenvalue weighted by atomic mass is 32.2. The molecule has 1 heterocycles. The number of para-hydroxylation sites is 1. The molecule has 3 rings (SSSR count). The first-order chi connectivity index (χ1) is 13.5. The van der Waals surface area contributed by atoms with E-state index in [2.05, 4.69) is 10.3 Å². The van der Waals surface area contributed by atoms with Crippen LogP contribution in [0.3, 0.4) is 0 Å². The molecule has 0 unspecified atom stereocenters. The molecule has 1 amide bonds. The van der Waals surface area contributed by atoms with Gasteiger partial charge >= 0.3 is 5.69 Å². The molecule has 0 saturated heterocycles. The van der Waals surface area contributed by atoms with Crippen molar-refractivity contribution in [3.8, 4) is 5.75 Å². The van der Waals surface area contributed by atoms with Crippen LogP contribution in [0.5, 0.6) is 5.75 Å². The first-order valence-corrected chi connectivity index (χ1v) is 9.28. The number of nitrogens with zero attached hydrogens (tertiary/aromatic N) is 3. The lowest BCUT2D eigenvalue weighted by Crippen LogP contribution is -2.13. The Morgan fingerprint density at radius 2 is 2.11 bits per heavy atom. The van der Waals surface area contributed by atoms with Gasteiger partial charge in [-0.3, -0.25) is 14.9 Å². The Hall–Kier alpha value is -3.33. The molecule has 0 atom stereocenters. The second-order valence-electron chi connectivity index (χ2n) is 5.75. The molecule has 8 nitrogen and oxygen atoms in total. The molecule has 2 aromatic carbocycles. The zero-order valence-corrected chi connectivity index (χ0v) is 16.1. The summed E-state index contributed by atoms with van der Waals surface area (Å²) in [6.45, 7) is 2.03. The Morgan fingerprint density at radius 1 is 1.32 bits per heavy atom. The van der Waals surface area contributed by atoms with Crippen molar-refractivity contribution < 1.29 is 14.5 Å². The summed E-state index contributed by atoms with van der Waals surface area (Å²) in [7, 11) is 1.88. The summed E-state index contributed by atoms with van der Waals surface area (Å²) < 4.78 is 7.13. The van der Waals surface area contributed by atoms with E-state index in [-0.39, 0.29) is 17.0 Å². The number of benzene rings is 2. The standard InChI is InChI=1S/C19H18N4O4S/c1-3-27-16-9-8-13(12-15(16)23(25)26)18(24)21-14-6-4-5-7-17(14)28-19-20-10-11-22(19)2/h4-12H,3H2,1-2H3,(H,21,24). The topological polar surface area (TPSA) is 99.3 Å². The van der Waals surface area contributed by atoms with Gasteiger partial charge in [0.1, 0.15) is 0 Å². The highest BCUT2D eigenvalue weighted by Crippen LogP contribution is 2.33. The minimum atomic E-state index is -0.563. The average molecular weight is 398 g/mol. The van der Waals surface area contributed by atoms with Gasteiger partial charge in [-0.15, -0.1) is 0 Å². The van der Waals surface area contributed by atoms with Crippen molar-refractivity contribution in [2.75, 3.05) is 11.9 Å². The normalized spacial score (nSPS) is 10.5. The molecule has 0 fully saturated rings. The van der Waals surface area contributed by atoms with Crippen LogP contribution in [0.4, 0.5) is 11.4 Å². The monoisotopic (exact) mass is 398 g/mol. The van der Waals surface area contributed by atoms with Crippen molar-refractivity contribution in [3.05, 3.63) is 70.5 Å². The maximum absolute atomic E-state index is 12.7. The maximum atomic E-state index is 12.7. The van der Waals surface area contributed by atoms with Crippen LogP contribution in [0.1, 0.15) is 17.3 Å². The number of anilines is 1. The molecule has 1 N–H and O–H groups in total. The van der Waals surface area contributed by atoms with Gasteiger partial charge in [-0.1, -0.05) is 12.1 Å². The molecule has 28 heavy (non-hydrogen) atoms. The number of hydrogen-bond acceptors (Lipinski definition) is 6. The summed E-state index contributed by atoms with van der Waals surface area (Å²) in [6.07, 6.45) is 3.53. The van der Waals surface area contributed by atoms with Gasteiger partial charge in [-0.25, -0.2) is 4.98 Å². The molecule has 1 aromatic heterocycles. The molecule has 0 radical (unpaired) electrons. The van der Waals surface area contributed by atoms with E-state index in [0.717, 1.165) is 10.1 Å². The number of carbonyl (C=O) groups excluding carboxylic acids is 1. The van der Waals surface area contributed by atoms with E-state index in [1.165, 1.54) is 30.0 Å².